The van der Waals surface area contributed by atoms with Crippen molar-refractivity contribution in [2.24, 2.45) is 0 Å². The minimum Gasteiger partial charge on any atom is -0.453 e. The molecule has 2 unspecified atom stereocenters. The summed E-state index contributed by atoms with van der Waals surface area (Å²) in [5, 5.41) is 2.43. The van der Waals surface area contributed by atoms with Gasteiger partial charge in [-0.1, -0.05) is 12.2 Å². The lowest BCUT2D eigenvalue weighted by Gasteiger charge is -2.25. The van der Waals surface area contributed by atoms with E-state index >= 15 is 0 Å². The fourth-order valence-corrected chi connectivity index (χ4v) is 1.90. The third-order valence-electron chi connectivity index (χ3n) is 2.81. The number of nitrogens with zero attached hydrogens (tertiary/aromatic N) is 1. The van der Waals surface area contributed by atoms with E-state index in [0.717, 1.165) is 12.8 Å². The van der Waals surface area contributed by atoms with Crippen LogP contribution in [0.1, 0.15) is 12.8 Å². The first-order valence-electron chi connectivity index (χ1n) is 5.54. The Hall–Kier alpha value is -1.78. The van der Waals surface area contributed by atoms with E-state index < -0.39 is 12.1 Å². The minimum atomic E-state index is -0.747. The maximum absolute atomic E-state index is 12.1. The number of likely N-dealkylation sites (tertiary alicyclic amines) is 1. The van der Waals surface area contributed by atoms with Gasteiger partial charge in [-0.2, -0.15) is 0 Å². The Balaban J connectivity index is 2.68. The number of rotatable bonds is 4. The molecule has 1 aliphatic rings. The average molecular weight is 238 g/mol. The molecule has 1 rings (SSSR count). The molecule has 0 aromatic heterocycles. The van der Waals surface area contributed by atoms with Gasteiger partial charge in [0.25, 0.3) is 0 Å². The molecule has 1 fully saturated rings. The van der Waals surface area contributed by atoms with Crippen LogP contribution in [-0.2, 0) is 9.53 Å². The smallest absolute Gasteiger partial charge is 0.407 e. The summed E-state index contributed by atoms with van der Waals surface area (Å²) < 4.78 is 4.46. The molecule has 2 atom stereocenters. The Morgan fingerprint density at radius 2 is 2.24 bits per heavy atom. The molecule has 0 bridgehead atoms. The lowest BCUT2D eigenvalue weighted by Crippen LogP contribution is -2.48. The van der Waals surface area contributed by atoms with Gasteiger partial charge in [-0.05, 0) is 12.8 Å². The third-order valence-corrected chi connectivity index (χ3v) is 2.81. The molecular weight excluding hydrogens is 220 g/mol. The molecule has 1 saturated heterocycles. The van der Waals surface area contributed by atoms with Crippen LogP contribution >= 0.6 is 0 Å². The van der Waals surface area contributed by atoms with Crippen molar-refractivity contribution in [3.05, 3.63) is 25.3 Å². The van der Waals surface area contributed by atoms with Crippen LogP contribution < -0.4 is 5.32 Å². The van der Waals surface area contributed by atoms with Gasteiger partial charge < -0.3 is 15.0 Å². The maximum Gasteiger partial charge on any atom is 0.407 e. The summed E-state index contributed by atoms with van der Waals surface area (Å²) in [6.07, 6.45) is 4.38. The zero-order valence-corrected chi connectivity index (χ0v) is 10.0. The van der Waals surface area contributed by atoms with Crippen molar-refractivity contribution in [1.29, 1.82) is 0 Å². The highest BCUT2D eigenvalue weighted by Crippen LogP contribution is 2.19. The van der Waals surface area contributed by atoms with E-state index in [1.54, 1.807) is 11.0 Å². The molecule has 1 N–H and O–H groups in total. The Kier molecular flexibility index (Phi) is 4.75. The van der Waals surface area contributed by atoms with Gasteiger partial charge in [0, 0.05) is 12.6 Å². The van der Waals surface area contributed by atoms with E-state index in [2.05, 4.69) is 23.2 Å². The number of carbonyl (C=O) groups excluding carboxylic acids is 2. The molecule has 1 heterocycles. The van der Waals surface area contributed by atoms with Gasteiger partial charge in [0.05, 0.1) is 7.11 Å². The van der Waals surface area contributed by atoms with Crippen LogP contribution in [0.3, 0.4) is 0 Å². The van der Waals surface area contributed by atoms with Crippen LogP contribution in [0.15, 0.2) is 25.3 Å². The molecule has 0 aromatic rings. The first-order chi connectivity index (χ1) is 8.13. The predicted molar refractivity (Wildman–Crippen MR) is 64.5 cm³/mol. The summed E-state index contributed by atoms with van der Waals surface area (Å²) in [7, 11) is 1.25. The fraction of sp³-hybridized carbons (Fsp3) is 0.500. The summed E-state index contributed by atoms with van der Waals surface area (Å²) in [6, 6.07) is -0.701. The molecule has 5 nitrogen and oxygen atoms in total. The van der Waals surface area contributed by atoms with Crippen molar-refractivity contribution in [3.8, 4) is 0 Å². The molecule has 2 amide bonds. The third kappa shape index (κ3) is 3.09. The molecule has 5 heteroatoms. The highest BCUT2D eigenvalue weighted by molar-refractivity contribution is 5.88. The second kappa shape index (κ2) is 6.08. The van der Waals surface area contributed by atoms with Gasteiger partial charge in [0.2, 0.25) is 5.91 Å². The molecule has 0 aliphatic carbocycles. The maximum atomic E-state index is 12.1. The van der Waals surface area contributed by atoms with E-state index in [9.17, 15) is 9.59 Å². The summed E-state index contributed by atoms with van der Waals surface area (Å²) in [5.74, 6) is -0.173. The molecule has 0 aromatic carbocycles. The normalized spacial score (nSPS) is 20.5. The van der Waals surface area contributed by atoms with Gasteiger partial charge in [0.1, 0.15) is 6.04 Å². The lowest BCUT2D eigenvalue weighted by atomic mass is 10.2. The highest BCUT2D eigenvalue weighted by atomic mass is 16.5. The number of carbonyl (C=O) groups is 2. The number of ether oxygens (including phenoxy) is 1. The van der Waals surface area contributed by atoms with Crippen molar-refractivity contribution >= 4 is 12.0 Å². The zero-order chi connectivity index (χ0) is 12.8. The second-order valence-corrected chi connectivity index (χ2v) is 3.83. The molecule has 1 aliphatic heterocycles. The number of hydrogen-bond donors (Lipinski definition) is 1. The van der Waals surface area contributed by atoms with Gasteiger partial charge in [0.15, 0.2) is 0 Å². The van der Waals surface area contributed by atoms with Crippen molar-refractivity contribution < 1.29 is 14.3 Å². The lowest BCUT2D eigenvalue weighted by molar-refractivity contribution is -0.132. The van der Waals surface area contributed by atoms with Gasteiger partial charge in [-0.15, -0.1) is 13.2 Å². The van der Waals surface area contributed by atoms with Crippen molar-refractivity contribution in [2.75, 3.05) is 13.7 Å². The van der Waals surface area contributed by atoms with E-state index in [-0.39, 0.29) is 11.9 Å². The standard InChI is InChI=1S/C12H18N2O3/c1-4-9-7-6-8-14(9)11(15)10(5-2)13-12(16)17-3/h4-5,9-10H,1-2,6-8H2,3H3,(H,13,16). The molecule has 0 saturated carbocycles. The van der Waals surface area contributed by atoms with E-state index in [0.29, 0.717) is 6.54 Å². The fourth-order valence-electron chi connectivity index (χ4n) is 1.90. The van der Waals surface area contributed by atoms with Gasteiger partial charge >= 0.3 is 6.09 Å². The molecule has 94 valence electrons. The quantitative estimate of drug-likeness (QED) is 0.745. The molecule has 0 radical (unpaired) electrons. The van der Waals surface area contributed by atoms with E-state index in [1.165, 1.54) is 13.2 Å². The van der Waals surface area contributed by atoms with Crippen LogP contribution in [0.4, 0.5) is 4.79 Å². The largest absolute Gasteiger partial charge is 0.453 e. The minimum absolute atomic E-state index is 0.0457. The van der Waals surface area contributed by atoms with Gasteiger partial charge in [-0.25, -0.2) is 4.79 Å². The number of hydrogen-bond acceptors (Lipinski definition) is 3. The SMILES string of the molecule is C=CC(NC(=O)OC)C(=O)N1CCCC1C=C. The molecule has 17 heavy (non-hydrogen) atoms. The summed E-state index contributed by atoms with van der Waals surface area (Å²) in [5.41, 5.74) is 0. The first kappa shape index (κ1) is 13.3. The number of methoxy groups -OCH3 is 1. The van der Waals surface area contributed by atoms with Crippen LogP contribution in [-0.4, -0.2) is 42.6 Å². The van der Waals surface area contributed by atoms with Crippen molar-refractivity contribution in [2.45, 2.75) is 24.9 Å². The van der Waals surface area contributed by atoms with E-state index in [1.807, 2.05) is 0 Å². The molecule has 0 spiro atoms. The monoisotopic (exact) mass is 238 g/mol. The summed E-state index contributed by atoms with van der Waals surface area (Å²) in [6.45, 7) is 7.94. The first-order valence-corrected chi connectivity index (χ1v) is 5.54. The van der Waals surface area contributed by atoms with Crippen molar-refractivity contribution in [3.63, 3.8) is 0 Å². The van der Waals surface area contributed by atoms with E-state index in [4.69, 9.17) is 0 Å². The second-order valence-electron chi connectivity index (χ2n) is 3.83. The number of amides is 2. The molecular formula is C12H18N2O3. The summed E-state index contributed by atoms with van der Waals surface area (Å²) in [4.78, 5) is 24.9. The number of nitrogens with one attached hydrogen (secondary N) is 1. The van der Waals surface area contributed by atoms with Crippen LogP contribution in [0.2, 0.25) is 0 Å². The average Bonchev–Trinajstić information content (AvgIpc) is 2.82. The van der Waals surface area contributed by atoms with Crippen molar-refractivity contribution in [1.82, 2.24) is 10.2 Å². The Morgan fingerprint density at radius 1 is 1.53 bits per heavy atom. The topological polar surface area (TPSA) is 58.6 Å². The van der Waals surface area contributed by atoms with Crippen LogP contribution in [0, 0.1) is 0 Å². The Morgan fingerprint density at radius 3 is 2.76 bits per heavy atom. The van der Waals surface area contributed by atoms with Gasteiger partial charge in [-0.3, -0.25) is 4.79 Å². The Labute approximate surface area is 101 Å². The predicted octanol–water partition coefficient (Wildman–Crippen LogP) is 1.07. The van der Waals surface area contributed by atoms with Crippen LogP contribution in [0.5, 0.6) is 0 Å². The number of alkyl carbamates (subject to hydrolysis) is 1. The zero-order valence-electron chi connectivity index (χ0n) is 10.0. The Bertz CT molecular complexity index is 328. The van der Waals surface area contributed by atoms with Crippen LogP contribution in [0.25, 0.3) is 0 Å². The highest BCUT2D eigenvalue weighted by Gasteiger charge is 2.31. The summed E-state index contributed by atoms with van der Waals surface area (Å²) >= 11 is 0.